The molecule has 104 valence electrons. The molecule has 2 rings (SSSR count). The van der Waals surface area contributed by atoms with Crippen LogP contribution >= 0.6 is 11.8 Å². The largest absolute Gasteiger partial charge is 0.385 e. The Morgan fingerprint density at radius 2 is 2.05 bits per heavy atom. The molecule has 0 spiro atoms. The molecule has 1 aromatic carbocycles. The first kappa shape index (κ1) is 14.4. The first-order valence-corrected chi connectivity index (χ1v) is 7.61. The van der Waals surface area contributed by atoms with Gasteiger partial charge in [-0.05, 0) is 31.4 Å². The molecule has 20 heavy (non-hydrogen) atoms. The molecular weight excluding hydrogens is 270 g/mol. The van der Waals surface area contributed by atoms with Crippen LogP contribution in [0.3, 0.4) is 0 Å². The zero-order valence-corrected chi connectivity index (χ0v) is 12.3. The van der Waals surface area contributed by atoms with E-state index in [1.54, 1.807) is 30.2 Å². The number of aromatic nitrogens is 1. The van der Waals surface area contributed by atoms with Crippen LogP contribution < -0.4 is 10.6 Å². The number of carbonyl (C=O) groups excluding carboxylic acids is 1. The van der Waals surface area contributed by atoms with E-state index in [1.165, 1.54) is 0 Å². The summed E-state index contributed by atoms with van der Waals surface area (Å²) in [5.41, 5.74) is 2.16. The lowest BCUT2D eigenvalue weighted by molar-refractivity contribution is 0.102. The Balaban J connectivity index is 2.24. The van der Waals surface area contributed by atoms with E-state index in [4.69, 9.17) is 0 Å². The molecule has 2 aromatic rings. The molecule has 4 nitrogen and oxygen atoms in total. The highest BCUT2D eigenvalue weighted by Crippen LogP contribution is 2.25. The number of pyridine rings is 1. The fourth-order valence-electron chi connectivity index (χ4n) is 1.86. The Morgan fingerprint density at radius 1 is 1.25 bits per heavy atom. The van der Waals surface area contributed by atoms with Gasteiger partial charge in [0.15, 0.2) is 0 Å². The maximum Gasteiger partial charge on any atom is 0.259 e. The second-order valence-electron chi connectivity index (χ2n) is 4.11. The summed E-state index contributed by atoms with van der Waals surface area (Å²) in [5.74, 6) is -0.157. The lowest BCUT2D eigenvalue weighted by atomic mass is 10.2. The molecule has 0 bridgehead atoms. The fraction of sp³-hybridized carbons (Fsp3) is 0.200. The smallest absolute Gasteiger partial charge is 0.259 e. The van der Waals surface area contributed by atoms with Crippen LogP contribution in [0.4, 0.5) is 11.4 Å². The van der Waals surface area contributed by atoms with Gasteiger partial charge in [-0.15, -0.1) is 11.8 Å². The maximum atomic E-state index is 12.4. The molecule has 0 saturated heterocycles. The molecular formula is C15H17N3OS. The van der Waals surface area contributed by atoms with E-state index in [-0.39, 0.29) is 5.91 Å². The van der Waals surface area contributed by atoms with E-state index in [1.807, 2.05) is 37.4 Å². The van der Waals surface area contributed by atoms with Crippen LogP contribution in [0.1, 0.15) is 17.3 Å². The van der Waals surface area contributed by atoms with E-state index >= 15 is 0 Å². The first-order valence-electron chi connectivity index (χ1n) is 6.38. The summed E-state index contributed by atoms with van der Waals surface area (Å²) in [7, 11) is 0. The number of rotatable bonds is 5. The van der Waals surface area contributed by atoms with Crippen molar-refractivity contribution in [2.75, 3.05) is 23.4 Å². The minimum atomic E-state index is -0.157. The van der Waals surface area contributed by atoms with Gasteiger partial charge in [0, 0.05) is 23.8 Å². The molecule has 0 fully saturated rings. The summed E-state index contributed by atoms with van der Waals surface area (Å²) in [5, 5.41) is 6.10. The molecule has 0 aliphatic rings. The van der Waals surface area contributed by atoms with Crippen LogP contribution in [0.15, 0.2) is 47.6 Å². The van der Waals surface area contributed by atoms with Gasteiger partial charge in [-0.1, -0.05) is 12.1 Å². The van der Waals surface area contributed by atoms with Crippen molar-refractivity contribution in [3.8, 4) is 0 Å². The lowest BCUT2D eigenvalue weighted by Gasteiger charge is -2.12. The molecule has 5 heteroatoms. The van der Waals surface area contributed by atoms with Gasteiger partial charge >= 0.3 is 0 Å². The molecule has 0 radical (unpaired) electrons. The number of thioether (sulfide) groups is 1. The second-order valence-corrected chi connectivity index (χ2v) is 4.95. The molecule has 2 N–H and O–H groups in total. The van der Waals surface area contributed by atoms with Gasteiger partial charge in [0.05, 0.1) is 16.9 Å². The second kappa shape index (κ2) is 6.96. The summed E-state index contributed by atoms with van der Waals surface area (Å²) in [6.07, 6.45) is 5.23. The van der Waals surface area contributed by atoms with Gasteiger partial charge in [0.2, 0.25) is 0 Å². The molecule has 1 amide bonds. The predicted molar refractivity (Wildman–Crippen MR) is 84.6 cm³/mol. The quantitative estimate of drug-likeness (QED) is 0.827. The highest BCUT2D eigenvalue weighted by Gasteiger charge is 2.12. The number of nitrogens with one attached hydrogen (secondary N) is 2. The molecule has 0 atom stereocenters. The maximum absolute atomic E-state index is 12.4. The topological polar surface area (TPSA) is 54.0 Å². The van der Waals surface area contributed by atoms with Crippen molar-refractivity contribution < 1.29 is 4.79 Å². The molecule has 0 aliphatic carbocycles. The number of carbonyl (C=O) groups is 1. The van der Waals surface area contributed by atoms with Crippen molar-refractivity contribution in [3.05, 3.63) is 48.3 Å². The average molecular weight is 287 g/mol. The third-order valence-corrected chi connectivity index (χ3v) is 3.58. The van der Waals surface area contributed by atoms with Crippen LogP contribution in [0.5, 0.6) is 0 Å². The van der Waals surface area contributed by atoms with Crippen molar-refractivity contribution in [1.82, 2.24) is 4.98 Å². The number of benzene rings is 1. The fourth-order valence-corrected chi connectivity index (χ4v) is 2.41. The Morgan fingerprint density at radius 3 is 2.80 bits per heavy atom. The van der Waals surface area contributed by atoms with Crippen molar-refractivity contribution in [1.29, 1.82) is 0 Å². The van der Waals surface area contributed by atoms with Crippen molar-refractivity contribution in [2.24, 2.45) is 0 Å². The van der Waals surface area contributed by atoms with Crippen molar-refractivity contribution in [3.63, 3.8) is 0 Å². The summed E-state index contributed by atoms with van der Waals surface area (Å²) >= 11 is 1.60. The minimum absolute atomic E-state index is 0.157. The predicted octanol–water partition coefficient (Wildman–Crippen LogP) is 3.49. The van der Waals surface area contributed by atoms with Crippen molar-refractivity contribution >= 4 is 29.0 Å². The molecule has 0 unspecified atom stereocenters. The van der Waals surface area contributed by atoms with Gasteiger partial charge in [0.25, 0.3) is 5.91 Å². The number of hydrogen-bond acceptors (Lipinski definition) is 4. The Labute approximate surface area is 123 Å². The summed E-state index contributed by atoms with van der Waals surface area (Å²) in [6, 6.07) is 9.54. The monoisotopic (exact) mass is 287 g/mol. The summed E-state index contributed by atoms with van der Waals surface area (Å²) in [4.78, 5) is 17.4. The number of hydrogen-bond donors (Lipinski definition) is 2. The highest BCUT2D eigenvalue weighted by molar-refractivity contribution is 7.98. The molecule has 1 heterocycles. The third kappa shape index (κ3) is 3.30. The molecule has 0 aliphatic heterocycles. The van der Waals surface area contributed by atoms with E-state index in [0.29, 0.717) is 5.56 Å². The SMILES string of the molecule is CCNc1ccncc1C(=O)Nc1ccccc1SC. The Kier molecular flexibility index (Phi) is 5.01. The van der Waals surface area contributed by atoms with Gasteiger partial charge in [-0.25, -0.2) is 0 Å². The third-order valence-electron chi connectivity index (χ3n) is 2.79. The Hall–Kier alpha value is -2.01. The average Bonchev–Trinajstić information content (AvgIpc) is 2.48. The zero-order valence-electron chi connectivity index (χ0n) is 11.5. The lowest BCUT2D eigenvalue weighted by Crippen LogP contribution is -2.15. The van der Waals surface area contributed by atoms with Gasteiger partial charge < -0.3 is 10.6 Å². The van der Waals surface area contributed by atoms with Crippen LogP contribution in [-0.4, -0.2) is 23.7 Å². The molecule has 0 saturated carbocycles. The van der Waals surface area contributed by atoms with E-state index in [9.17, 15) is 4.79 Å². The number of amides is 1. The normalized spacial score (nSPS) is 10.1. The van der Waals surface area contributed by atoms with Crippen molar-refractivity contribution in [2.45, 2.75) is 11.8 Å². The minimum Gasteiger partial charge on any atom is -0.385 e. The van der Waals surface area contributed by atoms with Crippen LogP contribution in [-0.2, 0) is 0 Å². The van der Waals surface area contributed by atoms with Crippen LogP contribution in [0.25, 0.3) is 0 Å². The number of nitrogens with zero attached hydrogens (tertiary/aromatic N) is 1. The number of para-hydroxylation sites is 1. The van der Waals surface area contributed by atoms with Gasteiger partial charge in [-0.3, -0.25) is 9.78 Å². The molecule has 1 aromatic heterocycles. The van der Waals surface area contributed by atoms with Crippen LogP contribution in [0.2, 0.25) is 0 Å². The Bertz CT molecular complexity index is 601. The summed E-state index contributed by atoms with van der Waals surface area (Å²) < 4.78 is 0. The van der Waals surface area contributed by atoms with E-state index < -0.39 is 0 Å². The number of anilines is 2. The van der Waals surface area contributed by atoms with Crippen LogP contribution in [0, 0.1) is 0 Å². The highest BCUT2D eigenvalue weighted by atomic mass is 32.2. The van der Waals surface area contributed by atoms with Gasteiger partial charge in [0.1, 0.15) is 0 Å². The summed E-state index contributed by atoms with van der Waals surface area (Å²) in [6.45, 7) is 2.75. The first-order chi connectivity index (χ1) is 9.76. The van der Waals surface area contributed by atoms with E-state index in [2.05, 4.69) is 15.6 Å². The standard InChI is InChI=1S/C15H17N3OS/c1-3-17-12-8-9-16-10-11(12)15(19)18-13-6-4-5-7-14(13)20-2/h4-10H,3H2,1-2H3,(H,16,17)(H,18,19). The van der Waals surface area contributed by atoms with E-state index in [0.717, 1.165) is 22.8 Å². The van der Waals surface area contributed by atoms with Gasteiger partial charge in [-0.2, -0.15) is 0 Å². The zero-order chi connectivity index (χ0) is 14.4.